The van der Waals surface area contributed by atoms with Gasteiger partial charge in [-0.15, -0.1) is 0 Å². The normalized spacial score (nSPS) is 14.1. The Hall–Kier alpha value is -1.27. The zero-order valence-electron chi connectivity index (χ0n) is 14.0. The van der Waals surface area contributed by atoms with E-state index in [1.54, 1.807) is 31.2 Å². The molecule has 1 rings (SSSR count). The highest BCUT2D eigenvalue weighted by Crippen LogP contribution is 2.25. The van der Waals surface area contributed by atoms with Gasteiger partial charge in [0, 0.05) is 11.1 Å². The van der Waals surface area contributed by atoms with Crippen molar-refractivity contribution >= 4 is 33.2 Å². The van der Waals surface area contributed by atoms with Gasteiger partial charge in [-0.05, 0) is 38.0 Å². The van der Waals surface area contributed by atoms with Crippen LogP contribution in [0.3, 0.4) is 0 Å². The summed E-state index contributed by atoms with van der Waals surface area (Å²) in [5, 5.41) is 3.31. The molecule has 2 atom stereocenters. The molecule has 0 saturated carbocycles. The lowest BCUT2D eigenvalue weighted by Gasteiger charge is -2.31. The molecule has 5 nitrogen and oxygen atoms in total. The summed E-state index contributed by atoms with van der Waals surface area (Å²) in [6.45, 7) is 5.74. The molecule has 1 aromatic rings. The number of anilines is 1. The number of nitrogens with one attached hydrogen (secondary N) is 1. The first kappa shape index (κ1) is 19.8. The van der Waals surface area contributed by atoms with Crippen LogP contribution in [0.2, 0.25) is 5.02 Å². The van der Waals surface area contributed by atoms with Gasteiger partial charge in [-0.2, -0.15) is 0 Å². The van der Waals surface area contributed by atoms with Gasteiger partial charge in [0.25, 0.3) is 0 Å². The molecule has 0 heterocycles. The van der Waals surface area contributed by atoms with Crippen LogP contribution in [0, 0.1) is 0 Å². The summed E-state index contributed by atoms with van der Waals surface area (Å²) in [4.78, 5) is 12.6. The number of halogens is 1. The van der Waals surface area contributed by atoms with E-state index in [2.05, 4.69) is 5.32 Å². The molecule has 0 aliphatic carbocycles. The number of amides is 1. The van der Waals surface area contributed by atoms with Crippen molar-refractivity contribution in [3.8, 4) is 0 Å². The molecule has 0 bridgehead atoms. The van der Waals surface area contributed by atoms with Crippen molar-refractivity contribution in [3.05, 3.63) is 29.3 Å². The quantitative estimate of drug-likeness (QED) is 0.774. The number of hydrogen-bond donors (Lipinski definition) is 1. The Labute approximate surface area is 144 Å². The Morgan fingerprint density at radius 1 is 1.35 bits per heavy atom. The molecule has 0 fully saturated rings. The maximum atomic E-state index is 12.6. The average Bonchev–Trinajstić information content (AvgIpc) is 2.43. The van der Waals surface area contributed by atoms with Gasteiger partial charge in [-0.1, -0.05) is 37.9 Å². The Balaban J connectivity index is 3.16. The molecule has 1 aromatic carbocycles. The molecule has 0 unspecified atom stereocenters. The lowest BCUT2D eigenvalue weighted by atomic mass is 10.1. The highest BCUT2D eigenvalue weighted by Gasteiger charge is 2.31. The first-order chi connectivity index (χ1) is 10.7. The molecule has 7 heteroatoms. The summed E-state index contributed by atoms with van der Waals surface area (Å²) in [7, 11) is -3.63. The summed E-state index contributed by atoms with van der Waals surface area (Å²) in [5.41, 5.74) is 0.394. The predicted molar refractivity (Wildman–Crippen MR) is 95.4 cm³/mol. The van der Waals surface area contributed by atoms with E-state index < -0.39 is 16.1 Å². The smallest absolute Gasteiger partial charge is 0.244 e. The Bertz CT molecular complexity index is 634. The summed E-state index contributed by atoms with van der Waals surface area (Å²) < 4.78 is 25.7. The van der Waals surface area contributed by atoms with Crippen LogP contribution >= 0.6 is 11.6 Å². The molecule has 0 spiro atoms. The van der Waals surface area contributed by atoms with Gasteiger partial charge in [0.15, 0.2) is 0 Å². The fourth-order valence-electron chi connectivity index (χ4n) is 2.52. The fraction of sp³-hybridized carbons (Fsp3) is 0.562. The SMILES string of the molecule is CCC[C@@H](C)NC(=O)[C@@H](CC)N(c1cccc(Cl)c1)S(C)(=O)=O. The Morgan fingerprint density at radius 3 is 2.48 bits per heavy atom. The summed E-state index contributed by atoms with van der Waals surface area (Å²) >= 11 is 5.97. The maximum absolute atomic E-state index is 12.6. The van der Waals surface area contributed by atoms with Gasteiger partial charge in [-0.3, -0.25) is 9.10 Å². The summed E-state index contributed by atoms with van der Waals surface area (Å²) in [6.07, 6.45) is 3.25. The number of hydrogen-bond acceptors (Lipinski definition) is 3. The highest BCUT2D eigenvalue weighted by atomic mass is 35.5. The monoisotopic (exact) mass is 360 g/mol. The van der Waals surface area contributed by atoms with Gasteiger partial charge in [0.1, 0.15) is 6.04 Å². The van der Waals surface area contributed by atoms with Crippen LogP contribution in [-0.2, 0) is 14.8 Å². The largest absolute Gasteiger partial charge is 0.352 e. The van der Waals surface area contributed by atoms with E-state index in [4.69, 9.17) is 11.6 Å². The van der Waals surface area contributed by atoms with E-state index in [0.29, 0.717) is 17.1 Å². The number of sulfonamides is 1. The van der Waals surface area contributed by atoms with Crippen LogP contribution in [0.4, 0.5) is 5.69 Å². The number of benzene rings is 1. The molecule has 0 aliphatic heterocycles. The van der Waals surface area contributed by atoms with E-state index >= 15 is 0 Å². The van der Waals surface area contributed by atoms with Crippen LogP contribution < -0.4 is 9.62 Å². The number of carbonyl (C=O) groups excluding carboxylic acids is 1. The molecular weight excluding hydrogens is 336 g/mol. The third-order valence-corrected chi connectivity index (χ3v) is 4.92. The number of rotatable bonds is 8. The average molecular weight is 361 g/mol. The van der Waals surface area contributed by atoms with Crippen molar-refractivity contribution in [2.24, 2.45) is 0 Å². The number of nitrogens with zero attached hydrogens (tertiary/aromatic N) is 1. The van der Waals surface area contributed by atoms with E-state index in [1.807, 2.05) is 13.8 Å². The second-order valence-electron chi connectivity index (χ2n) is 5.66. The minimum absolute atomic E-state index is 0.00215. The van der Waals surface area contributed by atoms with Crippen LogP contribution in [0.5, 0.6) is 0 Å². The zero-order valence-corrected chi connectivity index (χ0v) is 15.6. The van der Waals surface area contributed by atoms with Gasteiger partial charge in [-0.25, -0.2) is 8.42 Å². The lowest BCUT2D eigenvalue weighted by Crippen LogP contribution is -2.51. The topological polar surface area (TPSA) is 66.5 Å². The second-order valence-corrected chi connectivity index (χ2v) is 7.96. The number of carbonyl (C=O) groups is 1. The molecule has 0 radical (unpaired) electrons. The second kappa shape index (κ2) is 8.55. The van der Waals surface area contributed by atoms with Crippen LogP contribution in [0.1, 0.15) is 40.0 Å². The van der Waals surface area contributed by atoms with Crippen LogP contribution in [0.25, 0.3) is 0 Å². The van der Waals surface area contributed by atoms with E-state index in [1.165, 1.54) is 0 Å². The third-order valence-electron chi connectivity index (χ3n) is 3.50. The standard InChI is InChI=1S/C16H25ClN2O3S/c1-5-8-12(3)18-16(20)15(6-2)19(23(4,21)22)14-10-7-9-13(17)11-14/h7,9-12,15H,5-6,8H2,1-4H3,(H,18,20)/t12-,15-/m1/s1. The Kier molecular flexibility index (Phi) is 7.35. The molecule has 0 aliphatic rings. The van der Waals surface area contributed by atoms with Gasteiger partial charge in [0.05, 0.1) is 11.9 Å². The van der Waals surface area contributed by atoms with Crippen molar-refractivity contribution in [2.45, 2.75) is 52.1 Å². The van der Waals surface area contributed by atoms with Crippen molar-refractivity contribution in [1.82, 2.24) is 5.32 Å². The van der Waals surface area contributed by atoms with Crippen molar-refractivity contribution < 1.29 is 13.2 Å². The third kappa shape index (κ3) is 5.70. The molecule has 0 saturated heterocycles. The minimum atomic E-state index is -3.63. The molecule has 0 aromatic heterocycles. The molecule has 23 heavy (non-hydrogen) atoms. The van der Waals surface area contributed by atoms with Gasteiger partial charge < -0.3 is 5.32 Å². The fourth-order valence-corrected chi connectivity index (χ4v) is 3.91. The van der Waals surface area contributed by atoms with Gasteiger partial charge in [0.2, 0.25) is 15.9 Å². The van der Waals surface area contributed by atoms with Crippen LogP contribution in [0.15, 0.2) is 24.3 Å². The summed E-state index contributed by atoms with van der Waals surface area (Å²) in [6, 6.07) is 5.72. The molecule has 1 amide bonds. The summed E-state index contributed by atoms with van der Waals surface area (Å²) in [5.74, 6) is -0.293. The molecular formula is C16H25ClN2O3S. The van der Waals surface area contributed by atoms with Crippen molar-refractivity contribution in [3.63, 3.8) is 0 Å². The first-order valence-corrected chi connectivity index (χ1v) is 9.98. The van der Waals surface area contributed by atoms with Crippen molar-refractivity contribution in [1.29, 1.82) is 0 Å². The van der Waals surface area contributed by atoms with E-state index in [0.717, 1.165) is 23.4 Å². The Morgan fingerprint density at radius 2 is 2.00 bits per heavy atom. The minimum Gasteiger partial charge on any atom is -0.352 e. The van der Waals surface area contributed by atoms with E-state index in [-0.39, 0.29) is 11.9 Å². The van der Waals surface area contributed by atoms with Crippen LogP contribution in [-0.4, -0.2) is 32.7 Å². The van der Waals surface area contributed by atoms with Gasteiger partial charge >= 0.3 is 0 Å². The molecule has 130 valence electrons. The highest BCUT2D eigenvalue weighted by molar-refractivity contribution is 7.92. The van der Waals surface area contributed by atoms with Crippen molar-refractivity contribution in [2.75, 3.05) is 10.6 Å². The maximum Gasteiger partial charge on any atom is 0.244 e. The lowest BCUT2D eigenvalue weighted by molar-refractivity contribution is -0.122. The van der Waals surface area contributed by atoms with E-state index in [9.17, 15) is 13.2 Å². The zero-order chi connectivity index (χ0) is 17.6. The molecule has 1 N–H and O–H groups in total. The first-order valence-electron chi connectivity index (χ1n) is 7.76. The predicted octanol–water partition coefficient (Wildman–Crippen LogP) is 3.19.